The summed E-state index contributed by atoms with van der Waals surface area (Å²) in [7, 11) is 0. The number of nitrogens with zero attached hydrogens (tertiary/aromatic N) is 1. The summed E-state index contributed by atoms with van der Waals surface area (Å²) in [6, 6.07) is 7.06. The molecule has 1 atom stereocenters. The lowest BCUT2D eigenvalue weighted by atomic mass is 9.85. The number of nitrogens with one attached hydrogen (secondary N) is 3. The van der Waals surface area contributed by atoms with Crippen molar-refractivity contribution in [3.63, 3.8) is 0 Å². The van der Waals surface area contributed by atoms with Crippen LogP contribution in [0.15, 0.2) is 29.4 Å². The number of hydrogen-bond donors (Lipinski definition) is 3. The first-order valence-electron chi connectivity index (χ1n) is 7.19. The molecule has 6 heteroatoms. The molecule has 1 aliphatic carbocycles. The molecule has 0 aromatic heterocycles. The molecule has 3 N–H and O–H groups in total. The van der Waals surface area contributed by atoms with E-state index in [2.05, 4.69) is 21.2 Å². The first-order valence-corrected chi connectivity index (χ1v) is 7.19. The molecule has 0 bridgehead atoms. The van der Waals surface area contributed by atoms with Gasteiger partial charge in [0.2, 0.25) is 5.91 Å². The Balaban J connectivity index is 1.69. The van der Waals surface area contributed by atoms with Gasteiger partial charge >= 0.3 is 6.03 Å². The van der Waals surface area contributed by atoms with Gasteiger partial charge in [-0.1, -0.05) is 18.6 Å². The molecule has 6 nitrogen and oxygen atoms in total. The lowest BCUT2D eigenvalue weighted by molar-refractivity contribution is -0.122. The van der Waals surface area contributed by atoms with E-state index in [4.69, 9.17) is 0 Å². The number of hydrogen-bond acceptors (Lipinski definition) is 3. The highest BCUT2D eigenvalue weighted by Crippen LogP contribution is 2.27. The first kappa shape index (κ1) is 13.6. The Morgan fingerprint density at radius 1 is 1.29 bits per heavy atom. The zero-order valence-electron chi connectivity index (χ0n) is 11.8. The van der Waals surface area contributed by atoms with E-state index < -0.39 is 0 Å². The number of carbonyl (C=O) groups is 2. The summed E-state index contributed by atoms with van der Waals surface area (Å²) in [6.07, 6.45) is 3.13. The van der Waals surface area contributed by atoms with Crippen LogP contribution >= 0.6 is 0 Å². The van der Waals surface area contributed by atoms with Crippen LogP contribution < -0.4 is 16.1 Å². The van der Waals surface area contributed by atoms with Crippen LogP contribution in [-0.2, 0) is 4.79 Å². The lowest BCUT2D eigenvalue weighted by Crippen LogP contribution is -2.48. The van der Waals surface area contributed by atoms with Crippen LogP contribution in [0, 0.1) is 5.92 Å². The summed E-state index contributed by atoms with van der Waals surface area (Å²) < 4.78 is 0. The molecule has 1 fully saturated rings. The van der Waals surface area contributed by atoms with Gasteiger partial charge in [0.25, 0.3) is 0 Å². The summed E-state index contributed by atoms with van der Waals surface area (Å²) in [6.45, 7) is 1.88. The minimum Gasteiger partial charge on any atom is -0.328 e. The molecule has 110 valence electrons. The molecule has 1 aromatic carbocycles. The first-order chi connectivity index (χ1) is 10.1. The van der Waals surface area contributed by atoms with Crippen molar-refractivity contribution in [1.29, 1.82) is 0 Å². The maximum absolute atomic E-state index is 11.9. The van der Waals surface area contributed by atoms with Gasteiger partial charge in [0.1, 0.15) is 0 Å². The molecule has 1 aliphatic heterocycles. The normalized spacial score (nSPS) is 21.7. The van der Waals surface area contributed by atoms with E-state index in [0.29, 0.717) is 0 Å². The fourth-order valence-electron chi connectivity index (χ4n) is 2.46. The second-order valence-electron chi connectivity index (χ2n) is 5.50. The number of urea groups is 1. The number of amides is 3. The zero-order chi connectivity index (χ0) is 14.8. The van der Waals surface area contributed by atoms with Crippen molar-refractivity contribution in [1.82, 2.24) is 10.7 Å². The van der Waals surface area contributed by atoms with Gasteiger partial charge in [0.15, 0.2) is 0 Å². The number of benzene rings is 1. The van der Waals surface area contributed by atoms with Gasteiger partial charge < -0.3 is 10.6 Å². The Morgan fingerprint density at radius 3 is 2.57 bits per heavy atom. The van der Waals surface area contributed by atoms with Crippen LogP contribution in [0.25, 0.3) is 0 Å². The average Bonchev–Trinajstić information content (AvgIpc) is 2.38. The van der Waals surface area contributed by atoms with E-state index in [9.17, 15) is 9.59 Å². The Kier molecular flexibility index (Phi) is 3.60. The van der Waals surface area contributed by atoms with Gasteiger partial charge in [-0.15, -0.1) is 0 Å². The molecular weight excluding hydrogens is 268 g/mol. The van der Waals surface area contributed by atoms with E-state index in [-0.39, 0.29) is 23.9 Å². The van der Waals surface area contributed by atoms with Crippen LogP contribution in [0.5, 0.6) is 0 Å². The SMILES string of the molecule is CC1NC(=O)NN=C1c1ccc(NC(=O)C2CCC2)cc1. The van der Waals surface area contributed by atoms with E-state index >= 15 is 0 Å². The molecule has 3 rings (SSSR count). The monoisotopic (exact) mass is 286 g/mol. The standard InChI is InChI=1S/C15H18N4O2/c1-9-13(18-19-15(21)16-9)10-5-7-12(8-6-10)17-14(20)11-3-2-4-11/h5-9,11H,2-4H2,1H3,(H,17,20)(H2,16,19,21). The smallest absolute Gasteiger partial charge is 0.328 e. The van der Waals surface area contributed by atoms with Gasteiger partial charge in [-0.05, 0) is 31.9 Å². The molecule has 21 heavy (non-hydrogen) atoms. The van der Waals surface area contributed by atoms with E-state index in [0.717, 1.165) is 36.2 Å². The van der Waals surface area contributed by atoms with Crippen molar-refractivity contribution < 1.29 is 9.59 Å². The molecular formula is C15H18N4O2. The number of carbonyl (C=O) groups excluding carboxylic acids is 2. The van der Waals surface area contributed by atoms with Gasteiger partial charge in [-0.25, -0.2) is 10.2 Å². The highest BCUT2D eigenvalue weighted by atomic mass is 16.2. The van der Waals surface area contributed by atoms with Crippen molar-refractivity contribution in [2.45, 2.75) is 32.2 Å². The topological polar surface area (TPSA) is 82.6 Å². The van der Waals surface area contributed by atoms with Crippen molar-refractivity contribution >= 4 is 23.3 Å². The minimum atomic E-state index is -0.296. The predicted molar refractivity (Wildman–Crippen MR) is 80.1 cm³/mol. The van der Waals surface area contributed by atoms with Gasteiger partial charge in [-0.2, -0.15) is 5.10 Å². The number of anilines is 1. The number of hydrazone groups is 1. The van der Waals surface area contributed by atoms with Gasteiger partial charge in [-0.3, -0.25) is 4.79 Å². The zero-order valence-corrected chi connectivity index (χ0v) is 11.8. The van der Waals surface area contributed by atoms with Crippen LogP contribution in [0.2, 0.25) is 0 Å². The summed E-state index contributed by atoms with van der Waals surface area (Å²) in [5.74, 6) is 0.276. The summed E-state index contributed by atoms with van der Waals surface area (Å²) >= 11 is 0. The van der Waals surface area contributed by atoms with Crippen LogP contribution in [0.3, 0.4) is 0 Å². The van der Waals surface area contributed by atoms with Crippen molar-refractivity contribution in [2.75, 3.05) is 5.32 Å². The molecule has 0 spiro atoms. The quantitative estimate of drug-likeness (QED) is 0.792. The summed E-state index contributed by atoms with van der Waals surface area (Å²) in [5.41, 5.74) is 4.88. The van der Waals surface area contributed by atoms with E-state index in [1.165, 1.54) is 0 Å². The fraction of sp³-hybridized carbons (Fsp3) is 0.400. The number of rotatable bonds is 3. The van der Waals surface area contributed by atoms with E-state index in [1.54, 1.807) is 0 Å². The van der Waals surface area contributed by atoms with Crippen molar-refractivity contribution in [2.24, 2.45) is 11.0 Å². The van der Waals surface area contributed by atoms with Gasteiger partial charge in [0, 0.05) is 17.2 Å². The Labute approximate surface area is 123 Å². The molecule has 0 radical (unpaired) electrons. The maximum atomic E-state index is 11.9. The maximum Gasteiger partial charge on any atom is 0.335 e. The Bertz CT molecular complexity index is 590. The molecule has 1 saturated carbocycles. The second kappa shape index (κ2) is 5.55. The Morgan fingerprint density at radius 2 is 2.00 bits per heavy atom. The summed E-state index contributed by atoms with van der Waals surface area (Å²) in [4.78, 5) is 23.0. The minimum absolute atomic E-state index is 0.103. The van der Waals surface area contributed by atoms with E-state index in [1.807, 2.05) is 31.2 Å². The predicted octanol–water partition coefficient (Wildman–Crippen LogP) is 1.83. The summed E-state index contributed by atoms with van der Waals surface area (Å²) in [5, 5.41) is 9.75. The lowest BCUT2D eigenvalue weighted by Gasteiger charge is -2.24. The molecule has 2 aliphatic rings. The molecule has 1 heterocycles. The Hall–Kier alpha value is -2.37. The molecule has 1 unspecified atom stereocenters. The fourth-order valence-corrected chi connectivity index (χ4v) is 2.46. The third kappa shape index (κ3) is 2.89. The largest absolute Gasteiger partial charge is 0.335 e. The van der Waals surface area contributed by atoms with Gasteiger partial charge in [0.05, 0.1) is 11.8 Å². The van der Waals surface area contributed by atoms with Crippen molar-refractivity contribution in [3.8, 4) is 0 Å². The second-order valence-corrected chi connectivity index (χ2v) is 5.50. The van der Waals surface area contributed by atoms with Crippen LogP contribution in [0.4, 0.5) is 10.5 Å². The third-order valence-electron chi connectivity index (χ3n) is 3.96. The molecule has 0 saturated heterocycles. The average molecular weight is 286 g/mol. The molecule has 1 aromatic rings. The highest BCUT2D eigenvalue weighted by molar-refractivity contribution is 6.07. The van der Waals surface area contributed by atoms with Crippen LogP contribution in [0.1, 0.15) is 31.7 Å². The molecule has 3 amide bonds. The van der Waals surface area contributed by atoms with Crippen molar-refractivity contribution in [3.05, 3.63) is 29.8 Å². The highest BCUT2D eigenvalue weighted by Gasteiger charge is 2.25. The third-order valence-corrected chi connectivity index (χ3v) is 3.96. The van der Waals surface area contributed by atoms with Crippen LogP contribution in [-0.4, -0.2) is 23.7 Å².